The fourth-order valence-electron chi connectivity index (χ4n) is 3.45. The smallest absolute Gasteiger partial charge is 0.335 e. The van der Waals surface area contributed by atoms with Gasteiger partial charge in [0.25, 0.3) is 5.56 Å². The lowest BCUT2D eigenvalue weighted by molar-refractivity contribution is 0.415. The number of nitrogens with zero attached hydrogens (tertiary/aromatic N) is 3. The van der Waals surface area contributed by atoms with E-state index in [1.54, 1.807) is 56.0 Å². The molecular weight excluding hydrogens is 422 g/mol. The van der Waals surface area contributed by atoms with Crippen molar-refractivity contribution < 1.29 is 9.84 Å². The number of aromatic amines is 2. The van der Waals surface area contributed by atoms with E-state index in [9.17, 15) is 14.7 Å². The maximum Gasteiger partial charge on any atom is 0.335 e. The van der Waals surface area contributed by atoms with E-state index < -0.39 is 17.1 Å². The molecule has 2 aromatic heterocycles. The van der Waals surface area contributed by atoms with Crippen LogP contribution in [0.25, 0.3) is 5.69 Å². The Kier molecular flexibility index (Phi) is 6.21. The minimum Gasteiger partial charge on any atom is -0.497 e. The SMILES string of the molecule is COc1ccc(C(=NCCc2cnc[nH]2)c2c(O)n(-c3ccc(C)cc3)c(=O)[nH]c2=O)cc1. The minimum atomic E-state index is -0.739. The second kappa shape index (κ2) is 9.39. The molecule has 0 fully saturated rings. The average molecular weight is 445 g/mol. The van der Waals surface area contributed by atoms with Crippen molar-refractivity contribution in [2.45, 2.75) is 13.3 Å². The molecule has 9 nitrogen and oxygen atoms in total. The molecular formula is C24H23N5O4. The van der Waals surface area contributed by atoms with Crippen LogP contribution in [0.15, 0.2) is 75.6 Å². The van der Waals surface area contributed by atoms with Crippen molar-refractivity contribution in [3.8, 4) is 17.3 Å². The van der Waals surface area contributed by atoms with Crippen LogP contribution in [0.2, 0.25) is 0 Å². The van der Waals surface area contributed by atoms with Crippen LogP contribution in [-0.4, -0.2) is 44.0 Å². The van der Waals surface area contributed by atoms with Crippen molar-refractivity contribution in [1.29, 1.82) is 0 Å². The van der Waals surface area contributed by atoms with Gasteiger partial charge in [-0.3, -0.25) is 14.8 Å². The molecule has 4 rings (SSSR count). The maximum absolute atomic E-state index is 12.9. The lowest BCUT2D eigenvalue weighted by atomic mass is 10.0. The lowest BCUT2D eigenvalue weighted by Gasteiger charge is -2.14. The Bertz CT molecular complexity index is 1380. The standard InChI is InChI=1S/C24H23N5O4/c1-15-3-7-18(8-4-15)29-23(31)20(22(30)28-24(29)32)21(16-5-9-19(33-2)10-6-16)26-12-11-17-13-25-14-27-17/h3-10,13-14,31H,11-12H2,1-2H3,(H,25,27)(H,28,30,32). The molecule has 0 atom stereocenters. The number of hydrogen-bond acceptors (Lipinski definition) is 6. The van der Waals surface area contributed by atoms with Crippen molar-refractivity contribution in [3.05, 3.63) is 104 Å². The number of aryl methyl sites for hydroxylation is 1. The van der Waals surface area contributed by atoms with E-state index in [0.29, 0.717) is 30.0 Å². The maximum atomic E-state index is 12.9. The molecule has 0 aliphatic heterocycles. The second-order valence-corrected chi connectivity index (χ2v) is 7.41. The molecule has 3 N–H and O–H groups in total. The zero-order valence-corrected chi connectivity index (χ0v) is 18.2. The topological polar surface area (TPSA) is 125 Å². The molecule has 0 radical (unpaired) electrons. The molecule has 0 aliphatic rings. The Morgan fingerprint density at radius 3 is 2.48 bits per heavy atom. The first-order chi connectivity index (χ1) is 16.0. The third-order valence-electron chi connectivity index (χ3n) is 5.18. The summed E-state index contributed by atoms with van der Waals surface area (Å²) in [6, 6.07) is 14.0. The highest BCUT2D eigenvalue weighted by Gasteiger charge is 2.21. The summed E-state index contributed by atoms with van der Waals surface area (Å²) in [6.07, 6.45) is 3.83. The van der Waals surface area contributed by atoms with Crippen LogP contribution in [0.4, 0.5) is 0 Å². The van der Waals surface area contributed by atoms with E-state index in [2.05, 4.69) is 19.9 Å². The number of rotatable bonds is 7. The Hall–Kier alpha value is -4.40. The van der Waals surface area contributed by atoms with Crippen LogP contribution in [0.5, 0.6) is 11.6 Å². The summed E-state index contributed by atoms with van der Waals surface area (Å²) in [5, 5.41) is 11.1. The largest absolute Gasteiger partial charge is 0.497 e. The van der Waals surface area contributed by atoms with Crippen molar-refractivity contribution in [2.75, 3.05) is 13.7 Å². The zero-order valence-electron chi connectivity index (χ0n) is 18.2. The fourth-order valence-corrected chi connectivity index (χ4v) is 3.45. The van der Waals surface area contributed by atoms with Crippen LogP contribution >= 0.6 is 0 Å². The number of nitrogens with one attached hydrogen (secondary N) is 2. The molecule has 0 aliphatic carbocycles. The predicted molar refractivity (Wildman–Crippen MR) is 125 cm³/mol. The van der Waals surface area contributed by atoms with E-state index in [1.807, 2.05) is 19.1 Å². The number of methoxy groups -OCH3 is 1. The summed E-state index contributed by atoms with van der Waals surface area (Å²) >= 11 is 0. The molecule has 4 aromatic rings. The normalized spacial score (nSPS) is 11.5. The van der Waals surface area contributed by atoms with Gasteiger partial charge in [-0.1, -0.05) is 17.7 Å². The highest BCUT2D eigenvalue weighted by atomic mass is 16.5. The molecule has 2 aromatic carbocycles. The molecule has 9 heteroatoms. The Morgan fingerprint density at radius 1 is 1.12 bits per heavy atom. The van der Waals surface area contributed by atoms with E-state index in [1.165, 1.54) is 0 Å². The van der Waals surface area contributed by atoms with Gasteiger partial charge in [0.2, 0.25) is 5.88 Å². The first kappa shape index (κ1) is 21.8. The lowest BCUT2D eigenvalue weighted by Crippen LogP contribution is -2.33. The predicted octanol–water partition coefficient (Wildman–Crippen LogP) is 2.35. The number of H-pyrrole nitrogens is 2. The summed E-state index contributed by atoms with van der Waals surface area (Å²) in [7, 11) is 1.56. The van der Waals surface area contributed by atoms with Gasteiger partial charge in [-0.15, -0.1) is 0 Å². The molecule has 0 unspecified atom stereocenters. The number of imidazole rings is 1. The Morgan fingerprint density at radius 2 is 1.85 bits per heavy atom. The second-order valence-electron chi connectivity index (χ2n) is 7.41. The van der Waals surface area contributed by atoms with Gasteiger partial charge in [0.1, 0.15) is 11.3 Å². The monoisotopic (exact) mass is 445 g/mol. The number of aromatic nitrogens is 4. The number of hydrogen-bond donors (Lipinski definition) is 3. The van der Waals surface area contributed by atoms with Gasteiger partial charge in [-0.05, 0) is 43.3 Å². The highest BCUT2D eigenvalue weighted by molar-refractivity contribution is 6.14. The summed E-state index contributed by atoms with van der Waals surface area (Å²) in [5.41, 5.74) is 1.60. The first-order valence-corrected chi connectivity index (χ1v) is 10.3. The fraction of sp³-hybridized carbons (Fsp3) is 0.167. The quantitative estimate of drug-likeness (QED) is 0.377. The summed E-state index contributed by atoms with van der Waals surface area (Å²) in [6.45, 7) is 2.24. The van der Waals surface area contributed by atoms with Crippen molar-refractivity contribution in [2.24, 2.45) is 4.99 Å². The van der Waals surface area contributed by atoms with E-state index in [0.717, 1.165) is 15.8 Å². The van der Waals surface area contributed by atoms with E-state index >= 15 is 0 Å². The van der Waals surface area contributed by atoms with Gasteiger partial charge in [-0.25, -0.2) is 14.3 Å². The molecule has 168 valence electrons. The van der Waals surface area contributed by atoms with Gasteiger partial charge in [0, 0.05) is 30.4 Å². The van der Waals surface area contributed by atoms with Crippen LogP contribution in [0, 0.1) is 6.92 Å². The number of aromatic hydroxyl groups is 1. The summed E-state index contributed by atoms with van der Waals surface area (Å²) < 4.78 is 6.28. The van der Waals surface area contributed by atoms with Gasteiger partial charge in [0.15, 0.2) is 0 Å². The third-order valence-corrected chi connectivity index (χ3v) is 5.18. The molecule has 0 saturated heterocycles. The number of ether oxygens (including phenoxy) is 1. The first-order valence-electron chi connectivity index (χ1n) is 10.3. The third kappa shape index (κ3) is 4.62. The summed E-state index contributed by atoms with van der Waals surface area (Å²) in [5.74, 6) is 0.155. The zero-order chi connectivity index (χ0) is 23.4. The van der Waals surface area contributed by atoms with Crippen LogP contribution in [0.1, 0.15) is 22.4 Å². The molecule has 0 saturated carbocycles. The van der Waals surface area contributed by atoms with Crippen molar-refractivity contribution >= 4 is 5.71 Å². The van der Waals surface area contributed by atoms with Gasteiger partial charge in [0.05, 0.1) is 24.8 Å². The van der Waals surface area contributed by atoms with Gasteiger partial charge >= 0.3 is 5.69 Å². The molecule has 2 heterocycles. The average Bonchev–Trinajstić information content (AvgIpc) is 3.33. The van der Waals surface area contributed by atoms with Gasteiger partial charge in [-0.2, -0.15) is 0 Å². The molecule has 0 spiro atoms. The van der Waals surface area contributed by atoms with E-state index in [-0.39, 0.29) is 11.3 Å². The van der Waals surface area contributed by atoms with Crippen molar-refractivity contribution in [3.63, 3.8) is 0 Å². The van der Waals surface area contributed by atoms with Crippen LogP contribution < -0.4 is 16.0 Å². The van der Waals surface area contributed by atoms with Gasteiger partial charge < -0.3 is 14.8 Å². The van der Waals surface area contributed by atoms with E-state index in [4.69, 9.17) is 4.74 Å². The van der Waals surface area contributed by atoms with Crippen LogP contribution in [0.3, 0.4) is 0 Å². The minimum absolute atomic E-state index is 0.0926. The Labute approximate surface area is 189 Å². The Balaban J connectivity index is 1.86. The number of benzene rings is 2. The number of aliphatic imine (C=N–C) groups is 1. The highest BCUT2D eigenvalue weighted by Crippen LogP contribution is 2.22. The molecule has 0 bridgehead atoms. The molecule has 0 amide bonds. The van der Waals surface area contributed by atoms with Crippen molar-refractivity contribution in [1.82, 2.24) is 19.5 Å². The van der Waals surface area contributed by atoms with Crippen LogP contribution in [-0.2, 0) is 6.42 Å². The molecule has 33 heavy (non-hydrogen) atoms. The summed E-state index contributed by atoms with van der Waals surface area (Å²) in [4.78, 5) is 39.4.